The summed E-state index contributed by atoms with van der Waals surface area (Å²) in [4.78, 5) is 25.0. The van der Waals surface area contributed by atoms with Gasteiger partial charge in [0.25, 0.3) is 0 Å². The lowest BCUT2D eigenvalue weighted by Gasteiger charge is -2.24. The number of alkyl halides is 6. The van der Waals surface area contributed by atoms with E-state index in [1.807, 2.05) is 0 Å². The minimum atomic E-state index is -5.13. The minimum Gasteiger partial charge on any atom is -0.404 e. The first-order valence-electron chi connectivity index (χ1n) is 17.5. The lowest BCUT2D eigenvalue weighted by atomic mass is 10.1. The number of anilines is 2. The van der Waals surface area contributed by atoms with Crippen LogP contribution in [0.25, 0.3) is 12.2 Å². The molecule has 0 unspecified atom stereocenters. The van der Waals surface area contributed by atoms with E-state index in [9.17, 15) is 52.8 Å². The predicted molar refractivity (Wildman–Crippen MR) is 199 cm³/mol. The third kappa shape index (κ3) is 9.98. The molecule has 2 fully saturated rings. The summed E-state index contributed by atoms with van der Waals surface area (Å²) in [5, 5.41) is 5.33. The number of nitrogens with zero attached hydrogens (tertiary/aromatic N) is 2. The molecule has 0 aromatic heterocycles. The van der Waals surface area contributed by atoms with Crippen LogP contribution in [-0.4, -0.2) is 75.2 Å². The second kappa shape index (κ2) is 16.8. The molecule has 0 saturated carbocycles. The summed E-state index contributed by atoms with van der Waals surface area (Å²) in [5.74, 6) is -3.12. The fourth-order valence-corrected chi connectivity index (χ4v) is 10.1. The first-order valence-corrected chi connectivity index (χ1v) is 20.4. The Kier molecular flexibility index (Phi) is 12.2. The van der Waals surface area contributed by atoms with Gasteiger partial charge in [-0.25, -0.2) is 16.8 Å². The molecule has 4 aromatic rings. The van der Waals surface area contributed by atoms with Crippen LogP contribution >= 0.6 is 0 Å². The number of hydrogen-bond acceptors (Lipinski definition) is 8. The Morgan fingerprint density at radius 2 is 0.914 bits per heavy atom. The quantitative estimate of drug-likeness (QED) is 0.112. The first kappa shape index (κ1) is 42.2. The third-order valence-corrected chi connectivity index (χ3v) is 13.1. The number of halogens is 6. The number of sulfonamides is 2. The molecule has 308 valence electrons. The third-order valence-electron chi connectivity index (χ3n) is 9.16. The highest BCUT2D eigenvalue weighted by Gasteiger charge is 2.44. The van der Waals surface area contributed by atoms with Crippen molar-refractivity contribution in [2.45, 2.75) is 60.3 Å². The van der Waals surface area contributed by atoms with Gasteiger partial charge in [-0.1, -0.05) is 60.7 Å². The monoisotopic (exact) mass is 852 g/mol. The molecule has 2 heterocycles. The van der Waals surface area contributed by atoms with Crippen molar-refractivity contribution in [3.05, 3.63) is 108 Å². The van der Waals surface area contributed by atoms with Crippen LogP contribution in [0.1, 0.15) is 36.8 Å². The molecule has 0 aliphatic carbocycles. The summed E-state index contributed by atoms with van der Waals surface area (Å²) in [6.07, 6.45) is -5.83. The molecule has 58 heavy (non-hydrogen) atoms. The van der Waals surface area contributed by atoms with E-state index in [-0.39, 0.29) is 25.9 Å². The predicted octanol–water partition coefficient (Wildman–Crippen LogP) is 7.24. The van der Waals surface area contributed by atoms with Crippen molar-refractivity contribution in [1.82, 2.24) is 8.61 Å². The summed E-state index contributed by atoms with van der Waals surface area (Å²) in [6.45, 7) is -0.159. The summed E-state index contributed by atoms with van der Waals surface area (Å²) >= 11 is 0. The van der Waals surface area contributed by atoms with E-state index < -0.39 is 78.0 Å². The molecule has 0 spiro atoms. The molecule has 0 radical (unpaired) electrons. The maximum absolute atomic E-state index is 13.4. The first-order chi connectivity index (χ1) is 27.3. The van der Waals surface area contributed by atoms with Gasteiger partial charge < -0.3 is 20.1 Å². The molecule has 12 nitrogen and oxygen atoms in total. The van der Waals surface area contributed by atoms with Crippen molar-refractivity contribution in [1.29, 1.82) is 0 Å². The maximum atomic E-state index is 13.4. The van der Waals surface area contributed by atoms with Crippen LogP contribution in [-0.2, 0) is 29.6 Å². The van der Waals surface area contributed by atoms with Gasteiger partial charge in [-0.2, -0.15) is 8.61 Å². The van der Waals surface area contributed by atoms with Gasteiger partial charge in [0.1, 0.15) is 33.4 Å². The number of hydrogen-bond donors (Lipinski definition) is 2. The number of para-hydroxylation sites is 2. The maximum Gasteiger partial charge on any atom is 0.573 e. The summed E-state index contributed by atoms with van der Waals surface area (Å²) in [5.41, 5.74) is 2.12. The molecule has 20 heteroatoms. The van der Waals surface area contributed by atoms with E-state index in [4.69, 9.17) is 0 Å². The Morgan fingerprint density at radius 3 is 1.26 bits per heavy atom. The Labute approximate surface area is 329 Å². The average Bonchev–Trinajstić information content (AvgIpc) is 3.87. The van der Waals surface area contributed by atoms with E-state index in [1.165, 1.54) is 24.3 Å². The standard InChI is InChI=1S/C38H34F6N4O8S2/c39-37(40,41)55-31-9-1-3-11-33(31)57(51,52)47-23-5-7-29(47)35(49)45-27-19-15-25(16-20-27)13-14-26-17-21-28(22-18-26)46-36(50)30-8-6-24-48(30)58(53,54)34-12-4-2-10-32(34)56-38(42,43)44/h1-4,9-22,29-30H,5-8,23-24H2,(H,45,49)(H,46,50)/b14-13+/t29-,30-/m0/s1. The van der Waals surface area contributed by atoms with Crippen LogP contribution < -0.4 is 20.1 Å². The number of carbonyl (C=O) groups excluding carboxylic acids is 2. The Bertz CT molecular complexity index is 2230. The van der Waals surface area contributed by atoms with Crippen LogP contribution in [0.15, 0.2) is 107 Å². The number of ether oxygens (including phenoxy) is 2. The van der Waals surface area contributed by atoms with Gasteiger partial charge in [-0.15, -0.1) is 26.3 Å². The molecular formula is C38H34F6N4O8S2. The molecule has 2 amide bonds. The van der Waals surface area contributed by atoms with Crippen LogP contribution in [0, 0.1) is 0 Å². The minimum absolute atomic E-state index is 0.0794. The topological polar surface area (TPSA) is 151 Å². The summed E-state index contributed by atoms with van der Waals surface area (Å²) in [7, 11) is -9.09. The SMILES string of the molecule is O=C(Nc1ccc(/C=C/c2ccc(NC(=O)[C@@H]3CCCN3S(=O)(=O)c3ccccc3OC(F)(F)F)cc2)cc1)[C@@H]1CCCN1S(=O)(=O)c1ccccc1OC(F)(F)F. The largest absolute Gasteiger partial charge is 0.573 e. The zero-order valence-electron chi connectivity index (χ0n) is 30.0. The van der Waals surface area contributed by atoms with Crippen LogP contribution in [0.2, 0.25) is 0 Å². The smallest absolute Gasteiger partial charge is 0.404 e. The second-order valence-corrected chi connectivity index (χ2v) is 16.8. The van der Waals surface area contributed by atoms with Gasteiger partial charge in [-0.3, -0.25) is 9.59 Å². The Hall–Kier alpha value is -5.44. The van der Waals surface area contributed by atoms with E-state index in [1.54, 1.807) is 60.7 Å². The lowest BCUT2D eigenvalue weighted by molar-refractivity contribution is -0.276. The van der Waals surface area contributed by atoms with Crippen LogP contribution in [0.3, 0.4) is 0 Å². The molecular weight excluding hydrogens is 819 g/mol. The van der Waals surface area contributed by atoms with Crippen LogP contribution in [0.5, 0.6) is 11.5 Å². The Morgan fingerprint density at radius 1 is 0.569 bits per heavy atom. The molecule has 2 saturated heterocycles. The van der Waals surface area contributed by atoms with Crippen molar-refractivity contribution in [2.75, 3.05) is 23.7 Å². The highest BCUT2D eigenvalue weighted by atomic mass is 32.2. The molecule has 6 rings (SSSR count). The number of benzene rings is 4. The molecule has 4 aromatic carbocycles. The second-order valence-electron chi connectivity index (χ2n) is 13.1. The van der Waals surface area contributed by atoms with E-state index in [0.717, 1.165) is 32.9 Å². The van der Waals surface area contributed by atoms with Crippen molar-refractivity contribution >= 4 is 55.4 Å². The molecule has 2 atom stereocenters. The van der Waals surface area contributed by atoms with Gasteiger partial charge in [0.05, 0.1) is 0 Å². The molecule has 0 bridgehead atoms. The average molecular weight is 853 g/mol. The van der Waals surface area contributed by atoms with Crippen molar-refractivity contribution in [2.24, 2.45) is 0 Å². The normalized spacial score (nSPS) is 18.3. The number of amides is 2. The highest BCUT2D eigenvalue weighted by molar-refractivity contribution is 7.89. The van der Waals surface area contributed by atoms with Crippen molar-refractivity contribution in [3.63, 3.8) is 0 Å². The summed E-state index contributed by atoms with van der Waals surface area (Å²) in [6, 6.07) is 19.4. The zero-order valence-corrected chi connectivity index (χ0v) is 31.7. The highest BCUT2D eigenvalue weighted by Crippen LogP contribution is 2.36. The number of carbonyl (C=O) groups is 2. The van der Waals surface area contributed by atoms with Gasteiger partial charge in [-0.05, 0) is 85.3 Å². The fourth-order valence-electron chi connectivity index (χ4n) is 6.58. The van der Waals surface area contributed by atoms with E-state index >= 15 is 0 Å². The Balaban J connectivity index is 1.05. The number of rotatable bonds is 12. The van der Waals surface area contributed by atoms with Gasteiger partial charge >= 0.3 is 12.7 Å². The molecule has 2 aliphatic heterocycles. The van der Waals surface area contributed by atoms with E-state index in [2.05, 4.69) is 20.1 Å². The van der Waals surface area contributed by atoms with Gasteiger partial charge in [0, 0.05) is 24.5 Å². The fraction of sp³-hybridized carbons (Fsp3) is 0.263. The van der Waals surface area contributed by atoms with Crippen LogP contribution in [0.4, 0.5) is 37.7 Å². The summed E-state index contributed by atoms with van der Waals surface area (Å²) < 4.78 is 141. The van der Waals surface area contributed by atoms with E-state index in [0.29, 0.717) is 35.3 Å². The lowest BCUT2D eigenvalue weighted by Crippen LogP contribution is -2.43. The van der Waals surface area contributed by atoms with Gasteiger partial charge in [0.15, 0.2) is 0 Å². The van der Waals surface area contributed by atoms with Crippen molar-refractivity contribution in [3.8, 4) is 11.5 Å². The zero-order chi connectivity index (χ0) is 41.9. The van der Waals surface area contributed by atoms with Crippen molar-refractivity contribution < 1.29 is 62.2 Å². The molecule has 2 aliphatic rings. The van der Waals surface area contributed by atoms with Gasteiger partial charge in [0.2, 0.25) is 31.9 Å². The number of nitrogens with one attached hydrogen (secondary N) is 2. The molecule has 2 N–H and O–H groups in total.